The van der Waals surface area contributed by atoms with Crippen LogP contribution in [0.25, 0.3) is 0 Å². The maximum absolute atomic E-state index is 12.4. The Morgan fingerprint density at radius 2 is 2.06 bits per heavy atom. The van der Waals surface area contributed by atoms with Gasteiger partial charge >= 0.3 is 0 Å². The van der Waals surface area contributed by atoms with Gasteiger partial charge in [-0.1, -0.05) is 18.5 Å². The highest BCUT2D eigenvalue weighted by Gasteiger charge is 2.29. The first-order chi connectivity index (χ1) is 8.70. The van der Waals surface area contributed by atoms with Crippen LogP contribution in [-0.4, -0.2) is 22.0 Å². The summed E-state index contributed by atoms with van der Waals surface area (Å²) in [5.74, 6) is 0. The van der Waals surface area contributed by atoms with Crippen molar-refractivity contribution in [1.29, 1.82) is 0 Å². The summed E-state index contributed by atoms with van der Waals surface area (Å²) in [4.78, 5) is 0.903. The third kappa shape index (κ3) is 3.56. The van der Waals surface area contributed by atoms with Gasteiger partial charge in [0.2, 0.25) is 0 Å². The Balaban J connectivity index is 1.93. The van der Waals surface area contributed by atoms with Gasteiger partial charge in [-0.05, 0) is 56.5 Å². The van der Waals surface area contributed by atoms with Crippen molar-refractivity contribution in [2.75, 3.05) is 6.54 Å². The molecule has 0 aromatic heterocycles. The monoisotopic (exact) mass is 285 g/mol. The average molecular weight is 286 g/mol. The Kier molecular flexibility index (Phi) is 5.22. The third-order valence-corrected chi connectivity index (χ3v) is 5.44. The number of hydrogen-bond donors (Lipinski definition) is 1. The Morgan fingerprint density at radius 3 is 2.72 bits per heavy atom. The minimum absolute atomic E-state index is 0.292. The molecular weight excluding hydrogens is 266 g/mol. The molecule has 100 valence electrons. The highest BCUT2D eigenvalue weighted by molar-refractivity contribution is 7.85. The maximum atomic E-state index is 12.4. The average Bonchev–Trinajstić information content (AvgIpc) is 2.85. The van der Waals surface area contributed by atoms with E-state index in [-0.39, 0.29) is 0 Å². The van der Waals surface area contributed by atoms with E-state index in [4.69, 9.17) is 11.6 Å². The molecule has 1 saturated carbocycles. The molecular formula is C14H20ClNOS. The summed E-state index contributed by atoms with van der Waals surface area (Å²) in [5, 5.41) is 4.51. The van der Waals surface area contributed by atoms with Crippen LogP contribution >= 0.6 is 11.6 Å². The zero-order valence-electron chi connectivity index (χ0n) is 10.7. The largest absolute Gasteiger partial charge is 0.314 e. The van der Waals surface area contributed by atoms with Gasteiger partial charge in [-0.2, -0.15) is 0 Å². The number of benzene rings is 1. The molecule has 1 aromatic carbocycles. The molecule has 0 saturated heterocycles. The van der Waals surface area contributed by atoms with Gasteiger partial charge < -0.3 is 5.32 Å². The fourth-order valence-electron chi connectivity index (χ4n) is 2.43. The molecule has 0 bridgehead atoms. The lowest BCUT2D eigenvalue weighted by atomic mass is 10.2. The van der Waals surface area contributed by atoms with Crippen LogP contribution in [0.15, 0.2) is 29.2 Å². The topological polar surface area (TPSA) is 29.1 Å². The number of hydrogen-bond acceptors (Lipinski definition) is 2. The van der Waals surface area contributed by atoms with Gasteiger partial charge in [-0.25, -0.2) is 0 Å². The Hall–Kier alpha value is -0.380. The summed E-state index contributed by atoms with van der Waals surface area (Å²) in [6.45, 7) is 3.23. The smallest absolute Gasteiger partial charge is 0.0561 e. The predicted octanol–water partition coefficient (Wildman–Crippen LogP) is 3.37. The van der Waals surface area contributed by atoms with E-state index in [0.717, 1.165) is 37.1 Å². The van der Waals surface area contributed by atoms with Crippen molar-refractivity contribution in [3.63, 3.8) is 0 Å². The highest BCUT2D eigenvalue weighted by Crippen LogP contribution is 2.27. The summed E-state index contributed by atoms with van der Waals surface area (Å²) in [6, 6.07) is 7.94. The first-order valence-electron chi connectivity index (χ1n) is 6.60. The molecule has 2 rings (SSSR count). The minimum Gasteiger partial charge on any atom is -0.314 e. The second kappa shape index (κ2) is 6.69. The second-order valence-corrected chi connectivity index (χ2v) is 7.01. The van der Waals surface area contributed by atoms with Crippen molar-refractivity contribution in [3.05, 3.63) is 29.3 Å². The first-order valence-corrected chi connectivity index (χ1v) is 8.19. The molecule has 0 heterocycles. The molecule has 1 aliphatic rings. The van der Waals surface area contributed by atoms with Gasteiger partial charge in [0.1, 0.15) is 0 Å². The number of rotatable bonds is 5. The summed E-state index contributed by atoms with van der Waals surface area (Å²) >= 11 is 5.85. The van der Waals surface area contributed by atoms with E-state index >= 15 is 0 Å². The third-order valence-electron chi connectivity index (χ3n) is 3.42. The van der Waals surface area contributed by atoms with Gasteiger partial charge in [0.25, 0.3) is 0 Å². The van der Waals surface area contributed by atoms with E-state index < -0.39 is 10.8 Å². The number of halogens is 1. The molecule has 0 radical (unpaired) electrons. The standard InChI is InChI=1S/C14H20ClNOS/c1-2-9-16-12-5-8-14(10-12)18(17)13-6-3-11(15)4-7-13/h3-4,6-7,12,14,16H,2,5,8-10H2,1H3. The van der Waals surface area contributed by atoms with E-state index in [1.807, 2.05) is 24.3 Å². The van der Waals surface area contributed by atoms with Gasteiger partial charge in [0, 0.05) is 21.2 Å². The summed E-state index contributed by atoms with van der Waals surface area (Å²) in [5.41, 5.74) is 0. The summed E-state index contributed by atoms with van der Waals surface area (Å²) in [7, 11) is -0.892. The molecule has 0 amide bonds. The molecule has 2 nitrogen and oxygen atoms in total. The quantitative estimate of drug-likeness (QED) is 0.899. The molecule has 3 atom stereocenters. The van der Waals surface area contributed by atoms with Crippen molar-refractivity contribution >= 4 is 22.4 Å². The maximum Gasteiger partial charge on any atom is 0.0561 e. The van der Waals surface area contributed by atoms with E-state index in [0.29, 0.717) is 16.3 Å². The molecule has 3 unspecified atom stereocenters. The van der Waals surface area contributed by atoms with Crippen LogP contribution in [0.4, 0.5) is 0 Å². The lowest BCUT2D eigenvalue weighted by Gasteiger charge is -2.12. The van der Waals surface area contributed by atoms with Crippen LogP contribution in [0.5, 0.6) is 0 Å². The molecule has 0 aliphatic heterocycles. The van der Waals surface area contributed by atoms with Crippen molar-refractivity contribution < 1.29 is 4.21 Å². The van der Waals surface area contributed by atoms with Gasteiger partial charge in [0.15, 0.2) is 0 Å². The summed E-state index contributed by atoms with van der Waals surface area (Å²) < 4.78 is 12.4. The van der Waals surface area contributed by atoms with Gasteiger partial charge in [-0.15, -0.1) is 0 Å². The SMILES string of the molecule is CCCNC1CCC(S(=O)c2ccc(Cl)cc2)C1. The van der Waals surface area contributed by atoms with E-state index in [1.165, 1.54) is 0 Å². The fraction of sp³-hybridized carbons (Fsp3) is 0.571. The van der Waals surface area contributed by atoms with Gasteiger partial charge in [0.05, 0.1) is 10.8 Å². The molecule has 0 spiro atoms. The normalized spacial score (nSPS) is 25.2. The van der Waals surface area contributed by atoms with Crippen LogP contribution in [0.3, 0.4) is 0 Å². The van der Waals surface area contributed by atoms with Crippen molar-refractivity contribution in [2.45, 2.75) is 48.8 Å². The predicted molar refractivity (Wildman–Crippen MR) is 77.6 cm³/mol. The zero-order valence-corrected chi connectivity index (χ0v) is 12.3. The van der Waals surface area contributed by atoms with Crippen LogP contribution in [0.1, 0.15) is 32.6 Å². The van der Waals surface area contributed by atoms with Crippen LogP contribution in [0, 0.1) is 0 Å². The van der Waals surface area contributed by atoms with E-state index in [1.54, 1.807) is 0 Å². The van der Waals surface area contributed by atoms with Crippen molar-refractivity contribution in [1.82, 2.24) is 5.32 Å². The van der Waals surface area contributed by atoms with Crippen molar-refractivity contribution in [3.8, 4) is 0 Å². The van der Waals surface area contributed by atoms with E-state index in [9.17, 15) is 4.21 Å². The first kappa shape index (κ1) is 14.0. The Labute approximate surface area is 117 Å². The summed E-state index contributed by atoms with van der Waals surface area (Å²) in [6.07, 6.45) is 4.37. The number of nitrogens with one attached hydrogen (secondary N) is 1. The second-order valence-electron chi connectivity index (χ2n) is 4.84. The molecule has 4 heteroatoms. The van der Waals surface area contributed by atoms with Crippen LogP contribution < -0.4 is 5.32 Å². The lowest BCUT2D eigenvalue weighted by molar-refractivity contribution is 0.523. The van der Waals surface area contributed by atoms with Crippen molar-refractivity contribution in [2.24, 2.45) is 0 Å². The molecule has 1 fully saturated rings. The van der Waals surface area contributed by atoms with Crippen LogP contribution in [-0.2, 0) is 10.8 Å². The fourth-order valence-corrected chi connectivity index (χ4v) is 4.10. The molecule has 1 aromatic rings. The van der Waals surface area contributed by atoms with E-state index in [2.05, 4.69) is 12.2 Å². The Morgan fingerprint density at radius 1 is 1.33 bits per heavy atom. The molecule has 18 heavy (non-hydrogen) atoms. The highest BCUT2D eigenvalue weighted by atomic mass is 35.5. The molecule has 1 N–H and O–H groups in total. The van der Waals surface area contributed by atoms with Crippen LogP contribution in [0.2, 0.25) is 5.02 Å². The Bertz CT molecular complexity index is 407. The van der Waals surface area contributed by atoms with Gasteiger partial charge in [-0.3, -0.25) is 4.21 Å². The molecule has 1 aliphatic carbocycles. The minimum atomic E-state index is -0.892. The lowest BCUT2D eigenvalue weighted by Crippen LogP contribution is -2.28. The zero-order chi connectivity index (χ0) is 13.0.